The van der Waals surface area contributed by atoms with E-state index in [1.165, 1.54) is 0 Å². The second kappa shape index (κ2) is 13.5. The van der Waals surface area contributed by atoms with Crippen LogP contribution < -0.4 is 5.32 Å². The SMILES string of the molecule is COC(C)(C)C.O=CN1CCC(CNc2cnc(-c3ccc(C(=O)N4CCCC4CO)cc3)cn2)CC1. The van der Waals surface area contributed by atoms with Gasteiger partial charge in [0.15, 0.2) is 0 Å². The predicted octanol–water partition coefficient (Wildman–Crippen LogP) is 3.45. The topological polar surface area (TPSA) is 108 Å². The van der Waals surface area contributed by atoms with Crippen LogP contribution in [0.15, 0.2) is 36.7 Å². The van der Waals surface area contributed by atoms with Crippen molar-refractivity contribution in [2.75, 3.05) is 45.2 Å². The molecule has 1 aromatic carbocycles. The minimum atomic E-state index is -0.0735. The monoisotopic (exact) mass is 511 g/mol. The number of amides is 2. The van der Waals surface area contributed by atoms with E-state index in [9.17, 15) is 14.7 Å². The van der Waals surface area contributed by atoms with E-state index >= 15 is 0 Å². The first-order valence-electron chi connectivity index (χ1n) is 13.1. The summed E-state index contributed by atoms with van der Waals surface area (Å²) < 4.78 is 4.94. The molecule has 2 fully saturated rings. The van der Waals surface area contributed by atoms with Crippen LogP contribution in [0.2, 0.25) is 0 Å². The number of likely N-dealkylation sites (tertiary alicyclic amines) is 2. The smallest absolute Gasteiger partial charge is 0.254 e. The van der Waals surface area contributed by atoms with Crippen molar-refractivity contribution in [2.24, 2.45) is 5.92 Å². The number of benzene rings is 1. The lowest BCUT2D eigenvalue weighted by molar-refractivity contribution is -0.119. The number of carbonyl (C=O) groups excluding carboxylic acids is 2. The van der Waals surface area contributed by atoms with Gasteiger partial charge in [-0.1, -0.05) is 12.1 Å². The maximum Gasteiger partial charge on any atom is 0.254 e. The third-order valence-electron chi connectivity index (χ3n) is 6.91. The molecule has 1 aromatic heterocycles. The number of piperidine rings is 1. The van der Waals surface area contributed by atoms with Gasteiger partial charge in [0.25, 0.3) is 5.91 Å². The molecule has 2 aliphatic rings. The lowest BCUT2D eigenvalue weighted by Crippen LogP contribution is -2.37. The van der Waals surface area contributed by atoms with Crippen molar-refractivity contribution < 1.29 is 19.4 Å². The Kier molecular flexibility index (Phi) is 10.4. The van der Waals surface area contributed by atoms with Gasteiger partial charge in [-0.3, -0.25) is 14.6 Å². The Bertz CT molecular complexity index is 983. The third kappa shape index (κ3) is 8.50. The number of rotatable bonds is 7. The van der Waals surface area contributed by atoms with Crippen molar-refractivity contribution in [3.8, 4) is 11.3 Å². The minimum absolute atomic E-state index is 0.0116. The molecule has 2 N–H and O–H groups in total. The number of anilines is 1. The molecule has 9 nitrogen and oxygen atoms in total. The van der Waals surface area contributed by atoms with E-state index in [1.54, 1.807) is 24.4 Å². The number of carbonyl (C=O) groups is 2. The van der Waals surface area contributed by atoms with Gasteiger partial charge in [0.1, 0.15) is 5.82 Å². The van der Waals surface area contributed by atoms with E-state index in [4.69, 9.17) is 4.74 Å². The molecule has 202 valence electrons. The van der Waals surface area contributed by atoms with Crippen molar-refractivity contribution in [3.05, 3.63) is 42.2 Å². The summed E-state index contributed by atoms with van der Waals surface area (Å²) in [6.07, 6.45) is 8.17. The molecule has 0 radical (unpaired) electrons. The Hall–Kier alpha value is -3.04. The molecule has 1 unspecified atom stereocenters. The van der Waals surface area contributed by atoms with Crippen LogP contribution in [0.4, 0.5) is 5.82 Å². The highest BCUT2D eigenvalue weighted by Crippen LogP contribution is 2.23. The number of aromatic nitrogens is 2. The van der Waals surface area contributed by atoms with Crippen LogP contribution in [0.1, 0.15) is 56.8 Å². The van der Waals surface area contributed by atoms with Crippen LogP contribution in [0.5, 0.6) is 0 Å². The first-order chi connectivity index (χ1) is 17.7. The maximum atomic E-state index is 12.7. The first-order valence-corrected chi connectivity index (χ1v) is 13.1. The summed E-state index contributed by atoms with van der Waals surface area (Å²) in [5, 5.41) is 12.8. The normalized spacial score (nSPS) is 18.2. The predicted molar refractivity (Wildman–Crippen MR) is 144 cm³/mol. The first kappa shape index (κ1) is 28.5. The molecule has 4 rings (SSSR count). The average molecular weight is 512 g/mol. The Morgan fingerprint density at radius 2 is 1.78 bits per heavy atom. The fourth-order valence-corrected chi connectivity index (χ4v) is 4.32. The zero-order valence-corrected chi connectivity index (χ0v) is 22.5. The van der Waals surface area contributed by atoms with E-state index in [1.807, 2.05) is 49.9 Å². The van der Waals surface area contributed by atoms with Gasteiger partial charge in [0.05, 0.1) is 36.3 Å². The van der Waals surface area contributed by atoms with Crippen LogP contribution in [-0.2, 0) is 9.53 Å². The lowest BCUT2D eigenvalue weighted by atomic mass is 9.97. The number of ether oxygens (including phenoxy) is 1. The van der Waals surface area contributed by atoms with Crippen LogP contribution in [-0.4, -0.2) is 88.7 Å². The van der Waals surface area contributed by atoms with Crippen LogP contribution in [0.25, 0.3) is 11.3 Å². The molecule has 2 aliphatic heterocycles. The molecule has 3 heterocycles. The van der Waals surface area contributed by atoms with Gasteiger partial charge in [0.2, 0.25) is 6.41 Å². The molecule has 2 amide bonds. The Morgan fingerprint density at radius 3 is 2.32 bits per heavy atom. The van der Waals surface area contributed by atoms with Gasteiger partial charge in [-0.2, -0.15) is 0 Å². The Balaban J connectivity index is 0.000000568. The van der Waals surface area contributed by atoms with Gasteiger partial charge in [-0.15, -0.1) is 0 Å². The standard InChI is InChI=1S/C23H29N5O3.C5H12O/c29-15-20-2-1-9-28(20)23(31)19-5-3-18(4-6-19)21-13-26-22(14-24-21)25-12-17-7-10-27(16-30)11-8-17;1-5(2,3)6-4/h3-6,13-14,16-17,20,29H,1-2,7-12,15H2,(H,25,26);1-4H3. The molecule has 0 spiro atoms. The summed E-state index contributed by atoms with van der Waals surface area (Å²) in [6, 6.07) is 7.31. The molecule has 9 heteroatoms. The Morgan fingerprint density at radius 1 is 1.11 bits per heavy atom. The van der Waals surface area contributed by atoms with Crippen molar-refractivity contribution in [3.63, 3.8) is 0 Å². The van der Waals surface area contributed by atoms with Gasteiger partial charge < -0.3 is 25.0 Å². The molecular weight excluding hydrogens is 470 g/mol. The quantitative estimate of drug-likeness (QED) is 0.548. The zero-order valence-electron chi connectivity index (χ0n) is 22.5. The molecule has 2 aromatic rings. The lowest BCUT2D eigenvalue weighted by Gasteiger charge is -2.29. The summed E-state index contributed by atoms with van der Waals surface area (Å²) in [5.74, 6) is 1.23. The highest BCUT2D eigenvalue weighted by atomic mass is 16.5. The molecule has 1 atom stereocenters. The van der Waals surface area contributed by atoms with Crippen molar-refractivity contribution in [1.29, 1.82) is 0 Å². The van der Waals surface area contributed by atoms with E-state index in [2.05, 4.69) is 15.3 Å². The van der Waals surface area contributed by atoms with Crippen LogP contribution in [0, 0.1) is 5.92 Å². The minimum Gasteiger partial charge on any atom is -0.394 e. The summed E-state index contributed by atoms with van der Waals surface area (Å²) in [5.41, 5.74) is 2.31. The van der Waals surface area contributed by atoms with Crippen molar-refractivity contribution in [2.45, 2.75) is 58.1 Å². The molecule has 37 heavy (non-hydrogen) atoms. The van der Waals surface area contributed by atoms with Gasteiger partial charge in [-0.05, 0) is 64.5 Å². The van der Waals surface area contributed by atoms with E-state index in [-0.39, 0.29) is 24.2 Å². The fourth-order valence-electron chi connectivity index (χ4n) is 4.32. The van der Waals surface area contributed by atoms with Gasteiger partial charge in [-0.25, -0.2) is 4.98 Å². The van der Waals surface area contributed by atoms with Crippen LogP contribution in [0.3, 0.4) is 0 Å². The van der Waals surface area contributed by atoms with Crippen LogP contribution >= 0.6 is 0 Å². The van der Waals surface area contributed by atoms with Crippen molar-refractivity contribution >= 4 is 18.1 Å². The van der Waals surface area contributed by atoms with E-state index < -0.39 is 0 Å². The number of methoxy groups -OCH3 is 1. The summed E-state index contributed by atoms with van der Waals surface area (Å²) in [7, 11) is 1.71. The summed E-state index contributed by atoms with van der Waals surface area (Å²) in [4.78, 5) is 36.1. The van der Waals surface area contributed by atoms with E-state index in [0.717, 1.165) is 68.8 Å². The number of hydrogen-bond donors (Lipinski definition) is 2. The average Bonchev–Trinajstić information content (AvgIpc) is 3.41. The second-order valence-electron chi connectivity index (χ2n) is 10.6. The highest BCUT2D eigenvalue weighted by molar-refractivity contribution is 5.95. The van der Waals surface area contributed by atoms with Crippen molar-refractivity contribution in [1.82, 2.24) is 19.8 Å². The number of nitrogens with zero attached hydrogens (tertiary/aromatic N) is 4. The molecule has 2 saturated heterocycles. The number of nitrogens with one attached hydrogen (secondary N) is 1. The largest absolute Gasteiger partial charge is 0.394 e. The third-order valence-corrected chi connectivity index (χ3v) is 6.91. The molecule has 0 saturated carbocycles. The number of aliphatic hydroxyl groups is 1. The van der Waals surface area contributed by atoms with Gasteiger partial charge in [0, 0.05) is 44.4 Å². The second-order valence-corrected chi connectivity index (χ2v) is 10.6. The summed E-state index contributed by atoms with van der Waals surface area (Å²) in [6.45, 7) is 9.23. The molecule has 0 aliphatic carbocycles. The summed E-state index contributed by atoms with van der Waals surface area (Å²) >= 11 is 0. The van der Waals surface area contributed by atoms with Gasteiger partial charge >= 0.3 is 0 Å². The van der Waals surface area contributed by atoms with E-state index in [0.29, 0.717) is 18.0 Å². The molecule has 0 bridgehead atoms. The number of hydrogen-bond acceptors (Lipinski definition) is 7. The Labute approximate surface area is 220 Å². The number of aliphatic hydroxyl groups excluding tert-OH is 1. The molecular formula is C28H41N5O4. The zero-order chi connectivity index (χ0) is 26.8. The maximum absolute atomic E-state index is 12.7. The fraction of sp³-hybridized carbons (Fsp3) is 0.571. The highest BCUT2D eigenvalue weighted by Gasteiger charge is 2.28.